The lowest BCUT2D eigenvalue weighted by molar-refractivity contribution is -0.0417. The van der Waals surface area contributed by atoms with Crippen LogP contribution in [0.5, 0.6) is 0 Å². The van der Waals surface area contributed by atoms with Gasteiger partial charge in [-0.1, -0.05) is 13.8 Å². The largest absolute Gasteiger partial charge is 0.333 e. The summed E-state index contributed by atoms with van der Waals surface area (Å²) < 4.78 is 1.83. The van der Waals surface area contributed by atoms with E-state index in [0.29, 0.717) is 6.04 Å². The molecule has 1 aromatic rings. The Kier molecular flexibility index (Phi) is 2.73. The zero-order valence-electron chi connectivity index (χ0n) is 12.3. The fourth-order valence-electron chi connectivity index (χ4n) is 3.49. The Hall–Kier alpha value is -1.32. The number of hydrogen-bond donors (Lipinski definition) is 0. The Morgan fingerprint density at radius 1 is 1.42 bits per heavy atom. The second-order valence-corrected chi connectivity index (χ2v) is 6.96. The van der Waals surface area contributed by atoms with E-state index in [-0.39, 0.29) is 17.4 Å². The average molecular weight is 261 g/mol. The molecule has 1 saturated heterocycles. The molecule has 1 amide bonds. The van der Waals surface area contributed by atoms with E-state index < -0.39 is 0 Å². The molecular weight excluding hydrogens is 238 g/mol. The number of nitrogens with zero attached hydrogens (tertiary/aromatic N) is 3. The van der Waals surface area contributed by atoms with Gasteiger partial charge in [0.1, 0.15) is 5.69 Å². The molecule has 0 bridgehead atoms. The Morgan fingerprint density at radius 2 is 2.11 bits per heavy atom. The van der Waals surface area contributed by atoms with Gasteiger partial charge in [0, 0.05) is 30.2 Å². The summed E-state index contributed by atoms with van der Waals surface area (Å²) in [5.74, 6) is 0.880. The summed E-state index contributed by atoms with van der Waals surface area (Å²) in [5.41, 5.74) is 1.01. The minimum atomic E-state index is 0.155. The molecule has 1 unspecified atom stereocenters. The molecule has 0 spiro atoms. The molecule has 1 aromatic heterocycles. The van der Waals surface area contributed by atoms with Crippen LogP contribution in [0.3, 0.4) is 0 Å². The molecule has 4 nitrogen and oxygen atoms in total. The summed E-state index contributed by atoms with van der Waals surface area (Å²) >= 11 is 0. The van der Waals surface area contributed by atoms with Crippen LogP contribution in [-0.4, -0.2) is 33.2 Å². The highest BCUT2D eigenvalue weighted by Gasteiger charge is 2.54. The lowest BCUT2D eigenvalue weighted by Crippen LogP contribution is -2.65. The molecule has 2 heterocycles. The first-order chi connectivity index (χ1) is 8.92. The van der Waals surface area contributed by atoms with E-state index in [4.69, 9.17) is 0 Å². The molecule has 1 saturated carbocycles. The van der Waals surface area contributed by atoms with Gasteiger partial charge in [-0.2, -0.15) is 5.10 Å². The monoisotopic (exact) mass is 261 g/mol. The van der Waals surface area contributed by atoms with Gasteiger partial charge < -0.3 is 4.90 Å². The molecule has 0 aromatic carbocycles. The molecule has 19 heavy (non-hydrogen) atoms. The van der Waals surface area contributed by atoms with Crippen molar-refractivity contribution in [3.8, 4) is 0 Å². The maximum absolute atomic E-state index is 12.7. The highest BCUT2D eigenvalue weighted by atomic mass is 16.2. The van der Waals surface area contributed by atoms with Crippen LogP contribution >= 0.6 is 0 Å². The van der Waals surface area contributed by atoms with Crippen molar-refractivity contribution in [3.63, 3.8) is 0 Å². The Morgan fingerprint density at radius 3 is 2.63 bits per heavy atom. The standard InChI is InChI=1S/C15H23N3O/c1-10(2)18-12(7-8-16-18)14(19)17-9-15(3,4)13(17)11-5-6-11/h7-8,10-11,13H,5-6,9H2,1-4H3. The van der Waals surface area contributed by atoms with E-state index in [1.54, 1.807) is 6.20 Å². The van der Waals surface area contributed by atoms with Gasteiger partial charge in [-0.3, -0.25) is 9.48 Å². The number of carbonyl (C=O) groups is 1. The van der Waals surface area contributed by atoms with E-state index >= 15 is 0 Å². The maximum Gasteiger partial charge on any atom is 0.272 e. The van der Waals surface area contributed by atoms with Crippen LogP contribution in [0.15, 0.2) is 12.3 Å². The van der Waals surface area contributed by atoms with Gasteiger partial charge in [-0.05, 0) is 38.7 Å². The van der Waals surface area contributed by atoms with Crippen molar-refractivity contribution in [2.45, 2.75) is 52.6 Å². The molecule has 104 valence electrons. The van der Waals surface area contributed by atoms with Gasteiger partial charge in [0.25, 0.3) is 5.91 Å². The fourth-order valence-corrected chi connectivity index (χ4v) is 3.49. The summed E-state index contributed by atoms with van der Waals surface area (Å²) in [6.45, 7) is 9.54. The smallest absolute Gasteiger partial charge is 0.272 e. The SMILES string of the molecule is CC(C)n1nccc1C(=O)N1CC(C)(C)C1C1CC1. The summed E-state index contributed by atoms with van der Waals surface area (Å²) in [7, 11) is 0. The third-order valence-electron chi connectivity index (χ3n) is 4.42. The van der Waals surface area contributed by atoms with Crippen molar-refractivity contribution >= 4 is 5.91 Å². The molecule has 0 N–H and O–H groups in total. The molecule has 2 aliphatic rings. The molecule has 2 fully saturated rings. The molecule has 1 aliphatic carbocycles. The van der Waals surface area contributed by atoms with E-state index in [2.05, 4.69) is 37.7 Å². The van der Waals surface area contributed by atoms with Gasteiger partial charge in [0.2, 0.25) is 0 Å². The Bertz CT molecular complexity index is 499. The first kappa shape index (κ1) is 12.7. The molecule has 0 radical (unpaired) electrons. The number of aromatic nitrogens is 2. The third kappa shape index (κ3) is 1.97. The maximum atomic E-state index is 12.7. The quantitative estimate of drug-likeness (QED) is 0.839. The van der Waals surface area contributed by atoms with Gasteiger partial charge in [-0.25, -0.2) is 0 Å². The zero-order chi connectivity index (χ0) is 13.8. The topological polar surface area (TPSA) is 38.1 Å². The van der Waals surface area contributed by atoms with Gasteiger partial charge in [0.05, 0.1) is 0 Å². The summed E-state index contributed by atoms with van der Waals surface area (Å²) in [4.78, 5) is 14.8. The van der Waals surface area contributed by atoms with Crippen LogP contribution in [0.2, 0.25) is 0 Å². The Balaban J connectivity index is 1.83. The number of carbonyl (C=O) groups excluding carboxylic acids is 1. The predicted molar refractivity (Wildman–Crippen MR) is 73.9 cm³/mol. The van der Waals surface area contributed by atoms with Crippen molar-refractivity contribution in [1.82, 2.24) is 14.7 Å². The van der Waals surface area contributed by atoms with E-state index in [9.17, 15) is 4.79 Å². The molecule has 4 heteroatoms. The van der Waals surface area contributed by atoms with Crippen molar-refractivity contribution in [2.24, 2.45) is 11.3 Å². The van der Waals surface area contributed by atoms with Gasteiger partial charge in [-0.15, -0.1) is 0 Å². The zero-order valence-corrected chi connectivity index (χ0v) is 12.3. The van der Waals surface area contributed by atoms with E-state index in [1.807, 2.05) is 10.7 Å². The third-order valence-corrected chi connectivity index (χ3v) is 4.42. The van der Waals surface area contributed by atoms with Crippen molar-refractivity contribution in [3.05, 3.63) is 18.0 Å². The number of likely N-dealkylation sites (tertiary alicyclic amines) is 1. The fraction of sp³-hybridized carbons (Fsp3) is 0.733. The second kappa shape index (κ2) is 4.09. The van der Waals surface area contributed by atoms with Crippen LogP contribution in [0.1, 0.15) is 57.1 Å². The first-order valence-electron chi connectivity index (χ1n) is 7.26. The number of hydrogen-bond acceptors (Lipinski definition) is 2. The predicted octanol–water partition coefficient (Wildman–Crippen LogP) is 2.72. The number of rotatable bonds is 3. The molecule has 1 atom stereocenters. The lowest BCUT2D eigenvalue weighted by atomic mass is 9.72. The minimum Gasteiger partial charge on any atom is -0.333 e. The van der Waals surface area contributed by atoms with Crippen molar-refractivity contribution < 1.29 is 4.79 Å². The normalized spacial score (nSPS) is 25.5. The van der Waals surface area contributed by atoms with Crippen molar-refractivity contribution in [1.29, 1.82) is 0 Å². The lowest BCUT2D eigenvalue weighted by Gasteiger charge is -2.54. The van der Waals surface area contributed by atoms with E-state index in [1.165, 1.54) is 12.8 Å². The molecule has 1 aliphatic heterocycles. The number of amides is 1. The molecular formula is C15H23N3O. The summed E-state index contributed by atoms with van der Waals surface area (Å²) in [5, 5.41) is 4.27. The van der Waals surface area contributed by atoms with Crippen LogP contribution in [-0.2, 0) is 0 Å². The van der Waals surface area contributed by atoms with Gasteiger partial charge in [0.15, 0.2) is 0 Å². The Labute approximate surface area is 114 Å². The minimum absolute atomic E-state index is 0.155. The van der Waals surface area contributed by atoms with Crippen LogP contribution < -0.4 is 0 Å². The average Bonchev–Trinajstić information content (AvgIpc) is 2.98. The van der Waals surface area contributed by atoms with Crippen LogP contribution in [0.4, 0.5) is 0 Å². The first-order valence-corrected chi connectivity index (χ1v) is 7.26. The van der Waals surface area contributed by atoms with Crippen molar-refractivity contribution in [2.75, 3.05) is 6.54 Å². The summed E-state index contributed by atoms with van der Waals surface area (Å²) in [6, 6.07) is 2.50. The van der Waals surface area contributed by atoms with Crippen LogP contribution in [0.25, 0.3) is 0 Å². The highest BCUT2D eigenvalue weighted by Crippen LogP contribution is 2.50. The highest BCUT2D eigenvalue weighted by molar-refractivity contribution is 5.93. The summed E-state index contributed by atoms with van der Waals surface area (Å²) in [6.07, 6.45) is 4.28. The second-order valence-electron chi connectivity index (χ2n) is 6.96. The van der Waals surface area contributed by atoms with Crippen LogP contribution in [0, 0.1) is 11.3 Å². The van der Waals surface area contributed by atoms with Gasteiger partial charge >= 0.3 is 0 Å². The molecule has 3 rings (SSSR count). The van der Waals surface area contributed by atoms with E-state index in [0.717, 1.165) is 18.2 Å².